The monoisotopic (exact) mass is 353 g/mol. The zero-order chi connectivity index (χ0) is 17.4. The largest absolute Gasteiger partial charge is 0.497 e. The highest BCUT2D eigenvalue weighted by Gasteiger charge is 2.09. The molecule has 130 valence electrons. The second-order valence-corrected chi connectivity index (χ2v) is 5.69. The van der Waals surface area contributed by atoms with Crippen molar-refractivity contribution in [3.63, 3.8) is 0 Å². The molecule has 0 saturated carbocycles. The summed E-state index contributed by atoms with van der Waals surface area (Å²) in [5, 5.41) is 11.1. The molecule has 0 bridgehead atoms. The van der Waals surface area contributed by atoms with Gasteiger partial charge in [0.25, 0.3) is 0 Å². The van der Waals surface area contributed by atoms with Gasteiger partial charge in [0.15, 0.2) is 0 Å². The van der Waals surface area contributed by atoms with Crippen LogP contribution in [0.25, 0.3) is 0 Å². The standard InChI is InChI=1S/C16H20ClN3O4/c1-23-13-6-7-15(14(17)10-13)24-9-5-3-2-4-8-19-11-16(18-12-19)20(21)22/h6-7,10-12H,2-5,8-9H2,1H3. The lowest BCUT2D eigenvalue weighted by molar-refractivity contribution is -0.389. The first-order chi connectivity index (χ1) is 11.6. The summed E-state index contributed by atoms with van der Waals surface area (Å²) < 4.78 is 12.5. The van der Waals surface area contributed by atoms with E-state index in [1.54, 1.807) is 23.8 Å². The minimum absolute atomic E-state index is 0.111. The van der Waals surface area contributed by atoms with E-state index in [0.717, 1.165) is 32.2 Å². The molecule has 1 aromatic carbocycles. The number of benzene rings is 1. The zero-order valence-corrected chi connectivity index (χ0v) is 14.2. The molecule has 24 heavy (non-hydrogen) atoms. The summed E-state index contributed by atoms with van der Waals surface area (Å²) in [6.45, 7) is 1.33. The van der Waals surface area contributed by atoms with Crippen LogP contribution in [0.4, 0.5) is 5.82 Å². The van der Waals surface area contributed by atoms with Crippen LogP contribution < -0.4 is 9.47 Å². The number of ether oxygens (including phenoxy) is 2. The molecular weight excluding hydrogens is 334 g/mol. The lowest BCUT2D eigenvalue weighted by atomic mass is 10.2. The van der Waals surface area contributed by atoms with Crippen LogP contribution in [0.1, 0.15) is 25.7 Å². The van der Waals surface area contributed by atoms with Crippen LogP contribution in [-0.2, 0) is 6.54 Å². The van der Waals surface area contributed by atoms with Gasteiger partial charge in [-0.25, -0.2) is 0 Å². The van der Waals surface area contributed by atoms with Crippen LogP contribution in [0.5, 0.6) is 11.5 Å². The molecule has 2 rings (SSSR count). The van der Waals surface area contributed by atoms with Gasteiger partial charge in [-0.15, -0.1) is 0 Å². The molecule has 0 aliphatic rings. The minimum atomic E-state index is -0.488. The van der Waals surface area contributed by atoms with Crippen LogP contribution in [-0.4, -0.2) is 28.2 Å². The summed E-state index contributed by atoms with van der Waals surface area (Å²) >= 11 is 6.10. The summed E-state index contributed by atoms with van der Waals surface area (Å²) in [5.41, 5.74) is 0. The van der Waals surface area contributed by atoms with Crippen molar-refractivity contribution in [1.82, 2.24) is 9.55 Å². The number of nitrogens with zero attached hydrogens (tertiary/aromatic N) is 3. The van der Waals surface area contributed by atoms with E-state index in [1.165, 1.54) is 12.5 Å². The van der Waals surface area contributed by atoms with Crippen LogP contribution >= 0.6 is 11.6 Å². The van der Waals surface area contributed by atoms with E-state index < -0.39 is 4.92 Å². The number of aryl methyl sites for hydroxylation is 1. The minimum Gasteiger partial charge on any atom is -0.497 e. The SMILES string of the molecule is COc1ccc(OCCCCCCn2cnc([N+](=O)[O-])c2)c(Cl)c1. The molecule has 0 amide bonds. The van der Waals surface area contributed by atoms with Crippen molar-refractivity contribution >= 4 is 17.4 Å². The van der Waals surface area contributed by atoms with Gasteiger partial charge in [-0.05, 0) is 34.9 Å². The summed E-state index contributed by atoms with van der Waals surface area (Å²) in [6.07, 6.45) is 6.85. The first kappa shape index (κ1) is 18.1. The molecule has 1 aromatic heterocycles. The maximum absolute atomic E-state index is 10.5. The third-order valence-corrected chi connectivity index (χ3v) is 3.81. The smallest absolute Gasteiger partial charge is 0.381 e. The van der Waals surface area contributed by atoms with Gasteiger partial charge < -0.3 is 24.2 Å². The summed E-state index contributed by atoms with van der Waals surface area (Å²) in [4.78, 5) is 13.8. The molecule has 2 aromatic rings. The predicted octanol–water partition coefficient (Wildman–Crippen LogP) is 4.09. The second kappa shape index (κ2) is 9.12. The molecule has 7 nitrogen and oxygen atoms in total. The van der Waals surface area contributed by atoms with Crippen molar-refractivity contribution in [3.05, 3.63) is 45.9 Å². The Kier molecular flexibility index (Phi) is 6.87. The van der Waals surface area contributed by atoms with E-state index in [0.29, 0.717) is 23.1 Å². The molecule has 0 saturated heterocycles. The van der Waals surface area contributed by atoms with Crippen LogP contribution in [0.15, 0.2) is 30.7 Å². The second-order valence-electron chi connectivity index (χ2n) is 5.29. The molecule has 1 heterocycles. The molecule has 0 aliphatic heterocycles. The summed E-state index contributed by atoms with van der Waals surface area (Å²) in [7, 11) is 1.59. The van der Waals surface area contributed by atoms with Crippen molar-refractivity contribution in [2.45, 2.75) is 32.2 Å². The predicted molar refractivity (Wildman–Crippen MR) is 90.8 cm³/mol. The van der Waals surface area contributed by atoms with Gasteiger partial charge in [0.1, 0.15) is 17.7 Å². The Bertz CT molecular complexity index is 675. The van der Waals surface area contributed by atoms with Crippen molar-refractivity contribution in [2.75, 3.05) is 13.7 Å². The highest BCUT2D eigenvalue weighted by Crippen LogP contribution is 2.28. The average molecular weight is 354 g/mol. The fourth-order valence-electron chi connectivity index (χ4n) is 2.22. The molecule has 0 radical (unpaired) electrons. The third-order valence-electron chi connectivity index (χ3n) is 3.51. The van der Waals surface area contributed by atoms with Crippen molar-refractivity contribution in [2.24, 2.45) is 0 Å². The highest BCUT2D eigenvalue weighted by atomic mass is 35.5. The van der Waals surface area contributed by atoms with Crippen molar-refractivity contribution < 1.29 is 14.4 Å². The maximum Gasteiger partial charge on any atom is 0.381 e. The first-order valence-electron chi connectivity index (χ1n) is 7.72. The Hall–Kier alpha value is -2.28. The number of aromatic nitrogens is 2. The molecule has 0 unspecified atom stereocenters. The summed E-state index contributed by atoms with van der Waals surface area (Å²) in [5.74, 6) is 1.25. The summed E-state index contributed by atoms with van der Waals surface area (Å²) in [6, 6.07) is 5.33. The molecular formula is C16H20ClN3O4. The topological polar surface area (TPSA) is 79.4 Å². The van der Waals surface area contributed by atoms with E-state index in [4.69, 9.17) is 21.1 Å². The molecule has 0 fully saturated rings. The number of hydrogen-bond donors (Lipinski definition) is 0. The quantitative estimate of drug-likeness (QED) is 0.365. The Balaban J connectivity index is 1.59. The Labute approximate surface area is 145 Å². The Morgan fingerprint density at radius 2 is 2.08 bits per heavy atom. The third kappa shape index (κ3) is 5.42. The normalized spacial score (nSPS) is 10.6. The van der Waals surface area contributed by atoms with E-state index >= 15 is 0 Å². The van der Waals surface area contributed by atoms with E-state index in [2.05, 4.69) is 4.98 Å². The molecule has 8 heteroatoms. The van der Waals surface area contributed by atoms with Gasteiger partial charge in [0.2, 0.25) is 6.33 Å². The number of nitro groups is 1. The Morgan fingerprint density at radius 1 is 1.29 bits per heavy atom. The van der Waals surface area contributed by atoms with Gasteiger partial charge in [-0.3, -0.25) is 0 Å². The van der Waals surface area contributed by atoms with E-state index in [1.807, 2.05) is 6.07 Å². The number of halogens is 1. The van der Waals surface area contributed by atoms with Gasteiger partial charge in [0.05, 0.1) is 18.7 Å². The zero-order valence-electron chi connectivity index (χ0n) is 13.5. The van der Waals surface area contributed by atoms with Gasteiger partial charge in [-0.2, -0.15) is 0 Å². The van der Waals surface area contributed by atoms with Gasteiger partial charge in [-0.1, -0.05) is 24.4 Å². The average Bonchev–Trinajstić information content (AvgIpc) is 3.04. The number of rotatable bonds is 10. The van der Waals surface area contributed by atoms with Gasteiger partial charge in [0, 0.05) is 12.6 Å². The van der Waals surface area contributed by atoms with Crippen LogP contribution in [0.2, 0.25) is 5.02 Å². The van der Waals surface area contributed by atoms with Crippen LogP contribution in [0.3, 0.4) is 0 Å². The molecule has 0 aliphatic carbocycles. The molecule has 0 atom stereocenters. The van der Waals surface area contributed by atoms with E-state index in [-0.39, 0.29) is 5.82 Å². The number of methoxy groups -OCH3 is 1. The van der Waals surface area contributed by atoms with Crippen LogP contribution in [0, 0.1) is 10.1 Å². The lowest BCUT2D eigenvalue weighted by Gasteiger charge is -2.09. The fraction of sp³-hybridized carbons (Fsp3) is 0.438. The van der Waals surface area contributed by atoms with Crippen molar-refractivity contribution in [3.8, 4) is 11.5 Å². The highest BCUT2D eigenvalue weighted by molar-refractivity contribution is 6.32. The maximum atomic E-state index is 10.5. The lowest BCUT2D eigenvalue weighted by Crippen LogP contribution is -1.99. The molecule has 0 N–H and O–H groups in total. The Morgan fingerprint density at radius 3 is 2.75 bits per heavy atom. The van der Waals surface area contributed by atoms with Crippen molar-refractivity contribution in [1.29, 1.82) is 0 Å². The number of imidazole rings is 1. The van der Waals surface area contributed by atoms with Gasteiger partial charge >= 0.3 is 5.82 Å². The van der Waals surface area contributed by atoms with E-state index in [9.17, 15) is 10.1 Å². The fourth-order valence-corrected chi connectivity index (χ4v) is 2.45. The number of unbranched alkanes of at least 4 members (excludes halogenated alkanes) is 3. The number of hydrogen-bond acceptors (Lipinski definition) is 5. The first-order valence-corrected chi connectivity index (χ1v) is 8.10. The molecule has 0 spiro atoms.